The molecular weight excluding hydrogens is 728 g/mol. The molecule has 0 bridgehead atoms. The molecule has 0 amide bonds. The maximum atomic E-state index is 11.3. The van der Waals surface area contributed by atoms with Crippen molar-refractivity contribution in [2.75, 3.05) is 13.2 Å². The van der Waals surface area contributed by atoms with E-state index in [1.165, 1.54) is 5.57 Å². The van der Waals surface area contributed by atoms with Crippen molar-refractivity contribution in [3.05, 3.63) is 11.6 Å². The van der Waals surface area contributed by atoms with Crippen LogP contribution in [0.3, 0.4) is 0 Å². The van der Waals surface area contributed by atoms with Gasteiger partial charge in [-0.1, -0.05) is 67.0 Å². The zero-order chi connectivity index (χ0) is 41.4. The van der Waals surface area contributed by atoms with Crippen LogP contribution in [0.1, 0.15) is 100 Å². The standard InChI is InChI=1S/C42H72O14/c1-19(2)28(44)32(48)29(45)20(3)21-13-14-42(8)26-11-9-22-23(40(26,6)15-16-41(21,42)7)10-12-27(39(22,4)5)56-38-36(52)34(50)31(47)25(55-38)18-53-37-35(51)33(49)30(46)24(17-43)54-37/h9,19-21,23-38,43-52H,10-18H2,1-8H3/t20-,21+,23+,24+,25+,26+,27-,28-,29-,30+,31+,32-,33-,34-,35+,36+,37+,38-,40-,41+,42-/m0/s1. The molecule has 14 nitrogen and oxygen atoms in total. The third-order valence-corrected chi connectivity index (χ3v) is 16.7. The van der Waals surface area contributed by atoms with E-state index in [4.69, 9.17) is 18.9 Å². The predicted molar refractivity (Wildman–Crippen MR) is 202 cm³/mol. The highest BCUT2D eigenvalue weighted by Crippen LogP contribution is 2.75. The summed E-state index contributed by atoms with van der Waals surface area (Å²) in [6.07, 6.45) is -9.57. The number of rotatable bonds is 11. The smallest absolute Gasteiger partial charge is 0.187 e. The SMILES string of the molecule is CC(C)[C@H](O)[C@H](O)[C@@H](O)[C@@H](C)[C@H]1CC[C@@]2(C)[C@@H]3CC=C4[C@@H](CC[C@H](O[C@@H]5O[C@H](CO[C@@H]6O[C@H](CO)[C@@H](O)[C@H](O)[C@H]6O)[C@@H](O)[C@H](O)[C@H]5O)C4(C)C)[C@]3(C)CC[C@]12C. The van der Waals surface area contributed by atoms with Crippen LogP contribution in [0.2, 0.25) is 0 Å². The second-order valence-corrected chi connectivity index (χ2v) is 20.0. The molecule has 324 valence electrons. The number of hydrogen-bond acceptors (Lipinski definition) is 14. The first-order chi connectivity index (χ1) is 26.1. The topological polar surface area (TPSA) is 239 Å². The zero-order valence-electron chi connectivity index (χ0n) is 34.5. The third-order valence-electron chi connectivity index (χ3n) is 16.7. The fourth-order valence-corrected chi connectivity index (χ4v) is 12.7. The molecule has 0 aromatic rings. The van der Waals surface area contributed by atoms with E-state index in [0.29, 0.717) is 18.3 Å². The van der Waals surface area contributed by atoms with Crippen molar-refractivity contribution in [2.45, 2.75) is 186 Å². The van der Waals surface area contributed by atoms with E-state index in [2.05, 4.69) is 40.7 Å². The molecule has 2 aliphatic heterocycles. The minimum Gasteiger partial charge on any atom is -0.394 e. The van der Waals surface area contributed by atoms with Crippen molar-refractivity contribution in [2.24, 2.45) is 51.2 Å². The summed E-state index contributed by atoms with van der Waals surface area (Å²) in [4.78, 5) is 0. The van der Waals surface area contributed by atoms with Crippen molar-refractivity contribution in [3.63, 3.8) is 0 Å². The first-order valence-electron chi connectivity index (χ1n) is 21.1. The van der Waals surface area contributed by atoms with Gasteiger partial charge in [-0.3, -0.25) is 0 Å². The molecule has 5 fully saturated rings. The second kappa shape index (κ2) is 16.2. The average Bonchev–Trinajstić information content (AvgIpc) is 3.44. The molecule has 2 heterocycles. The van der Waals surface area contributed by atoms with Crippen LogP contribution in [-0.2, 0) is 18.9 Å². The van der Waals surface area contributed by atoms with Crippen LogP contribution >= 0.6 is 0 Å². The Morgan fingerprint density at radius 2 is 1.30 bits per heavy atom. The van der Waals surface area contributed by atoms with Crippen LogP contribution in [0.25, 0.3) is 0 Å². The summed E-state index contributed by atoms with van der Waals surface area (Å²) in [5.74, 6) is 0.567. The first kappa shape index (κ1) is 44.7. The Labute approximate surface area is 331 Å². The maximum absolute atomic E-state index is 11.3. The number of allylic oxidation sites excluding steroid dienone is 1. The molecule has 6 aliphatic rings. The lowest BCUT2D eigenvalue weighted by atomic mass is 9.39. The van der Waals surface area contributed by atoms with E-state index in [9.17, 15) is 51.1 Å². The quantitative estimate of drug-likeness (QED) is 0.131. The van der Waals surface area contributed by atoms with Crippen LogP contribution in [0.4, 0.5) is 0 Å². The molecule has 14 heteroatoms. The fourth-order valence-electron chi connectivity index (χ4n) is 12.7. The van der Waals surface area contributed by atoms with Gasteiger partial charge in [0.05, 0.1) is 31.5 Å². The Hall–Kier alpha value is -0.820. The lowest BCUT2D eigenvalue weighted by Gasteiger charge is -2.66. The van der Waals surface area contributed by atoms with Gasteiger partial charge in [-0.25, -0.2) is 0 Å². The van der Waals surface area contributed by atoms with E-state index in [1.807, 2.05) is 20.8 Å². The van der Waals surface area contributed by atoms with E-state index < -0.39 is 104 Å². The second-order valence-electron chi connectivity index (χ2n) is 20.0. The van der Waals surface area contributed by atoms with Gasteiger partial charge < -0.3 is 70.0 Å². The first-order valence-corrected chi connectivity index (χ1v) is 21.1. The Kier molecular flexibility index (Phi) is 13.0. The van der Waals surface area contributed by atoms with Crippen LogP contribution < -0.4 is 0 Å². The molecule has 0 radical (unpaired) electrons. The van der Waals surface area contributed by atoms with Gasteiger partial charge in [0.1, 0.15) is 54.9 Å². The summed E-state index contributed by atoms with van der Waals surface area (Å²) in [6.45, 7) is 16.3. The molecule has 0 unspecified atom stereocenters. The molecule has 10 N–H and O–H groups in total. The summed E-state index contributed by atoms with van der Waals surface area (Å²) < 4.78 is 23.6. The fraction of sp³-hybridized carbons (Fsp3) is 0.952. The largest absolute Gasteiger partial charge is 0.394 e. The molecule has 0 spiro atoms. The van der Waals surface area contributed by atoms with Gasteiger partial charge in [-0.05, 0) is 90.8 Å². The summed E-state index contributed by atoms with van der Waals surface area (Å²) in [7, 11) is 0. The summed E-state index contributed by atoms with van der Waals surface area (Å²) in [5.41, 5.74) is 0.818. The Bertz CT molecular complexity index is 1390. The Morgan fingerprint density at radius 1 is 0.696 bits per heavy atom. The molecular formula is C42H72O14. The van der Waals surface area contributed by atoms with Crippen molar-refractivity contribution >= 4 is 0 Å². The van der Waals surface area contributed by atoms with Crippen molar-refractivity contribution in [1.82, 2.24) is 0 Å². The molecule has 2 saturated heterocycles. The third kappa shape index (κ3) is 7.16. The van der Waals surface area contributed by atoms with Crippen molar-refractivity contribution in [3.8, 4) is 0 Å². The van der Waals surface area contributed by atoms with Crippen molar-refractivity contribution in [1.29, 1.82) is 0 Å². The van der Waals surface area contributed by atoms with E-state index in [1.54, 1.807) is 0 Å². The molecule has 0 aromatic heterocycles. The minimum absolute atomic E-state index is 0.00347. The molecule has 6 rings (SSSR count). The number of hydrogen-bond donors (Lipinski definition) is 10. The lowest BCUT2D eigenvalue weighted by molar-refractivity contribution is -0.340. The lowest BCUT2D eigenvalue weighted by Crippen LogP contribution is -2.63. The van der Waals surface area contributed by atoms with Gasteiger partial charge in [0, 0.05) is 5.41 Å². The summed E-state index contributed by atoms with van der Waals surface area (Å²) in [5, 5.41) is 106. The van der Waals surface area contributed by atoms with Gasteiger partial charge in [0.2, 0.25) is 0 Å². The van der Waals surface area contributed by atoms with Gasteiger partial charge in [0.15, 0.2) is 12.6 Å². The van der Waals surface area contributed by atoms with E-state index in [0.717, 1.165) is 38.5 Å². The predicted octanol–water partition coefficient (Wildman–Crippen LogP) is 0.976. The highest BCUT2D eigenvalue weighted by Gasteiger charge is 2.68. The number of aliphatic hydroxyl groups excluding tert-OH is 10. The maximum Gasteiger partial charge on any atom is 0.187 e. The van der Waals surface area contributed by atoms with E-state index >= 15 is 0 Å². The number of fused-ring (bicyclic) bond motifs is 5. The molecule has 21 atom stereocenters. The Balaban J connectivity index is 1.15. The number of aliphatic hydroxyl groups is 10. The highest BCUT2D eigenvalue weighted by molar-refractivity contribution is 5.30. The van der Waals surface area contributed by atoms with Crippen molar-refractivity contribution < 1.29 is 70.0 Å². The molecule has 0 aromatic carbocycles. The van der Waals surface area contributed by atoms with E-state index in [-0.39, 0.29) is 34.0 Å². The average molecular weight is 801 g/mol. The summed E-state index contributed by atoms with van der Waals surface area (Å²) >= 11 is 0. The number of ether oxygens (including phenoxy) is 4. The van der Waals surface area contributed by atoms with Crippen LogP contribution in [0.15, 0.2) is 11.6 Å². The Morgan fingerprint density at radius 3 is 1.93 bits per heavy atom. The van der Waals surface area contributed by atoms with Crippen LogP contribution in [0.5, 0.6) is 0 Å². The highest BCUT2D eigenvalue weighted by atomic mass is 16.7. The zero-order valence-corrected chi connectivity index (χ0v) is 34.5. The molecule has 56 heavy (non-hydrogen) atoms. The molecule has 4 aliphatic carbocycles. The van der Waals surface area contributed by atoms with Gasteiger partial charge in [0.25, 0.3) is 0 Å². The summed E-state index contributed by atoms with van der Waals surface area (Å²) in [6, 6.07) is 0. The monoisotopic (exact) mass is 800 g/mol. The van der Waals surface area contributed by atoms with Crippen LogP contribution in [0, 0.1) is 51.2 Å². The van der Waals surface area contributed by atoms with Gasteiger partial charge >= 0.3 is 0 Å². The molecule has 3 saturated carbocycles. The van der Waals surface area contributed by atoms with Crippen LogP contribution in [-0.4, -0.2) is 150 Å². The minimum atomic E-state index is -1.66. The van der Waals surface area contributed by atoms with Gasteiger partial charge in [-0.2, -0.15) is 0 Å². The van der Waals surface area contributed by atoms with Gasteiger partial charge in [-0.15, -0.1) is 0 Å². The normalized spacial score (nSPS) is 49.9.